The maximum atomic E-state index is 13.1. The van der Waals surface area contributed by atoms with E-state index in [1.807, 2.05) is 0 Å². The Morgan fingerprint density at radius 3 is 2.21 bits per heavy atom. The van der Waals surface area contributed by atoms with E-state index in [1.54, 1.807) is 12.1 Å². The second kappa shape index (κ2) is 16.7. The summed E-state index contributed by atoms with van der Waals surface area (Å²) in [6.07, 6.45) is 10.7. The third-order valence-corrected chi connectivity index (χ3v) is 8.98. The Morgan fingerprint density at radius 1 is 0.938 bits per heavy atom. The van der Waals surface area contributed by atoms with Gasteiger partial charge in [0.25, 0.3) is 0 Å². The van der Waals surface area contributed by atoms with E-state index < -0.39 is 48.6 Å². The topological polar surface area (TPSA) is 220 Å². The average molecular weight is 670 g/mol. The molecule has 48 heavy (non-hydrogen) atoms. The van der Waals surface area contributed by atoms with Crippen molar-refractivity contribution in [1.82, 2.24) is 5.32 Å². The Morgan fingerprint density at radius 2 is 1.58 bits per heavy atom. The van der Waals surface area contributed by atoms with Crippen molar-refractivity contribution in [1.29, 1.82) is 0 Å². The number of rotatable bonds is 4. The number of hydrogen-bond acceptors (Lipinski definition) is 11. The van der Waals surface area contributed by atoms with E-state index in [0.29, 0.717) is 12.0 Å². The van der Waals surface area contributed by atoms with Gasteiger partial charge in [0.05, 0.1) is 42.6 Å². The van der Waals surface area contributed by atoms with Crippen molar-refractivity contribution in [3.05, 3.63) is 63.7 Å². The first kappa shape index (κ1) is 36.5. The molecular formula is C35H43NO12. The number of aliphatic hydroxyl groups excluding tert-OH is 3. The molecule has 1 heterocycles. The fraction of sp³-hybridized carbons (Fsp3) is 0.486. The van der Waals surface area contributed by atoms with E-state index in [-0.39, 0.29) is 76.7 Å². The van der Waals surface area contributed by atoms with Crippen LogP contribution in [0.3, 0.4) is 0 Å². The molecule has 6 rings (SSSR count). The molecule has 2 aromatic carbocycles. The highest BCUT2D eigenvalue weighted by Gasteiger charge is 2.41. The SMILES string of the molecule is C1=C/CCCCCC/1.COc1cccc2c1C(=O)c1c(O)c3c(c(O)c1C2=O)CC(C(=O)CO)CC3.O=C(O)NC1CC(O)OCC1O. The molecule has 2 aromatic rings. The average Bonchev–Trinajstić information content (AvgIpc) is 3.06. The van der Waals surface area contributed by atoms with E-state index in [2.05, 4.69) is 22.2 Å². The molecule has 0 saturated carbocycles. The molecule has 13 nitrogen and oxygen atoms in total. The molecule has 1 amide bonds. The van der Waals surface area contributed by atoms with Gasteiger partial charge in [-0.15, -0.1) is 0 Å². The Bertz CT molecular complexity index is 1540. The van der Waals surface area contributed by atoms with Crippen molar-refractivity contribution in [3.63, 3.8) is 0 Å². The first-order valence-electron chi connectivity index (χ1n) is 16.1. The van der Waals surface area contributed by atoms with Crippen molar-refractivity contribution >= 4 is 23.4 Å². The Kier molecular flexibility index (Phi) is 12.7. The number of nitrogens with one attached hydrogen (secondary N) is 1. The zero-order valence-corrected chi connectivity index (χ0v) is 26.8. The number of phenolic OH excluding ortho intramolecular Hbond substituents is 2. The number of aliphatic hydroxyl groups is 3. The first-order chi connectivity index (χ1) is 23.0. The molecular weight excluding hydrogens is 626 g/mol. The van der Waals surface area contributed by atoms with Crippen molar-refractivity contribution in [2.24, 2.45) is 5.92 Å². The number of ether oxygens (including phenoxy) is 2. The van der Waals surface area contributed by atoms with E-state index in [9.17, 15) is 34.5 Å². The molecule has 0 spiro atoms. The second-order valence-electron chi connectivity index (χ2n) is 12.1. The summed E-state index contributed by atoms with van der Waals surface area (Å²) < 4.78 is 9.88. The minimum Gasteiger partial charge on any atom is -0.507 e. The molecule has 7 N–H and O–H groups in total. The fourth-order valence-electron chi connectivity index (χ4n) is 6.41. The van der Waals surface area contributed by atoms with E-state index >= 15 is 0 Å². The molecule has 260 valence electrons. The molecule has 0 aromatic heterocycles. The Labute approximate surface area is 277 Å². The molecule has 13 heteroatoms. The van der Waals surface area contributed by atoms with Crippen LogP contribution in [0.1, 0.15) is 94.3 Å². The lowest BCUT2D eigenvalue weighted by atomic mass is 9.75. The first-order valence-corrected chi connectivity index (χ1v) is 16.1. The summed E-state index contributed by atoms with van der Waals surface area (Å²) in [5.41, 5.74) is 0.301. The van der Waals surface area contributed by atoms with E-state index in [4.69, 9.17) is 20.1 Å². The lowest BCUT2D eigenvalue weighted by molar-refractivity contribution is -0.165. The van der Waals surface area contributed by atoms with Crippen LogP contribution in [0.2, 0.25) is 0 Å². The molecule has 1 aliphatic heterocycles. The maximum Gasteiger partial charge on any atom is 0.404 e. The van der Waals surface area contributed by atoms with Crippen LogP contribution >= 0.6 is 0 Å². The second-order valence-corrected chi connectivity index (χ2v) is 12.1. The van der Waals surface area contributed by atoms with Gasteiger partial charge in [-0.05, 0) is 51.0 Å². The lowest BCUT2D eigenvalue weighted by Gasteiger charge is -2.30. The van der Waals surface area contributed by atoms with E-state index in [1.165, 1.54) is 51.7 Å². The van der Waals surface area contributed by atoms with Gasteiger partial charge in [-0.3, -0.25) is 14.4 Å². The summed E-state index contributed by atoms with van der Waals surface area (Å²) in [6, 6.07) is 3.94. The van der Waals surface area contributed by atoms with Gasteiger partial charge in [-0.1, -0.05) is 37.1 Å². The molecule has 0 bridgehead atoms. The van der Waals surface area contributed by atoms with Crippen LogP contribution in [0.15, 0.2) is 30.4 Å². The fourth-order valence-corrected chi connectivity index (χ4v) is 6.41. The van der Waals surface area contributed by atoms with Crippen LogP contribution in [0.5, 0.6) is 17.2 Å². The smallest absolute Gasteiger partial charge is 0.404 e. The van der Waals surface area contributed by atoms with E-state index in [0.717, 1.165) is 0 Å². The number of aromatic hydroxyl groups is 2. The minimum atomic E-state index is -1.21. The number of carboxylic acid groups (broad SMARTS) is 1. The molecule has 4 atom stereocenters. The molecule has 4 unspecified atom stereocenters. The quantitative estimate of drug-likeness (QED) is 0.157. The Hall–Kier alpha value is -4.30. The molecule has 4 aliphatic rings. The number of hydrogen-bond donors (Lipinski definition) is 7. The van der Waals surface area contributed by atoms with Crippen LogP contribution in [0.4, 0.5) is 4.79 Å². The highest BCUT2D eigenvalue weighted by molar-refractivity contribution is 6.31. The zero-order chi connectivity index (χ0) is 35.0. The third kappa shape index (κ3) is 8.21. The van der Waals surface area contributed by atoms with Gasteiger partial charge in [0.1, 0.15) is 23.9 Å². The number of ketones is 3. The normalized spacial score (nSPS) is 23.6. The van der Waals surface area contributed by atoms with Crippen LogP contribution in [-0.2, 0) is 22.4 Å². The van der Waals surface area contributed by atoms with Crippen molar-refractivity contribution in [3.8, 4) is 17.2 Å². The summed E-state index contributed by atoms with van der Waals surface area (Å²) in [4.78, 5) is 48.2. The minimum absolute atomic E-state index is 0.0495. The van der Waals surface area contributed by atoms with Gasteiger partial charge in [-0.2, -0.15) is 0 Å². The summed E-state index contributed by atoms with van der Waals surface area (Å²) in [7, 11) is 1.38. The number of allylic oxidation sites excluding steroid dienone is 2. The summed E-state index contributed by atoms with van der Waals surface area (Å²) in [5.74, 6) is -2.56. The number of carbonyl (C=O) groups excluding carboxylic acids is 3. The van der Waals surface area contributed by atoms with Crippen LogP contribution in [0, 0.1) is 5.92 Å². The number of fused-ring (bicyclic) bond motifs is 3. The number of carbonyl (C=O) groups is 4. The van der Waals surface area contributed by atoms with Gasteiger partial charge in [0, 0.05) is 29.0 Å². The molecule has 0 radical (unpaired) electrons. The Balaban J connectivity index is 0.000000212. The summed E-state index contributed by atoms with van der Waals surface area (Å²) in [5, 5.41) is 59.3. The predicted molar refractivity (Wildman–Crippen MR) is 172 cm³/mol. The highest BCUT2D eigenvalue weighted by atomic mass is 16.6. The number of amides is 1. The van der Waals surface area contributed by atoms with Gasteiger partial charge in [-0.25, -0.2) is 4.79 Å². The van der Waals surface area contributed by atoms with Gasteiger partial charge < -0.3 is 45.4 Å². The molecule has 1 saturated heterocycles. The van der Waals surface area contributed by atoms with Gasteiger partial charge in [0.15, 0.2) is 17.9 Å². The van der Waals surface area contributed by atoms with Gasteiger partial charge >= 0.3 is 6.09 Å². The standard InChI is InChI=1S/C21H18O7.C8H14.C6H11NO5/c1-28-14-4-2-3-11-15(14)21(27)17-16(19(11)25)20(26)12-7-9(13(23)8-22)5-6-10(12)18(17)24;1-2-4-6-8-7-5-3-1;8-4-2-12-5(9)1-3(4)7-6(10)11/h2-4,9,22,24,26H,5-8H2,1H3;1-2H,3-8H2;3-5,7-9H,1-2H2,(H,10,11)/b;2-1+;. The molecule has 1 fully saturated rings. The summed E-state index contributed by atoms with van der Waals surface area (Å²) in [6.45, 7) is -0.658. The van der Waals surface area contributed by atoms with Crippen LogP contribution in [0.25, 0.3) is 0 Å². The number of Topliss-reactive ketones (excluding diaryl/α,β-unsaturated/α-hetero) is 1. The third-order valence-electron chi connectivity index (χ3n) is 8.98. The van der Waals surface area contributed by atoms with Gasteiger partial charge in [0.2, 0.25) is 5.78 Å². The van der Waals surface area contributed by atoms with Crippen LogP contribution < -0.4 is 10.1 Å². The number of benzene rings is 2. The van der Waals surface area contributed by atoms with Crippen molar-refractivity contribution in [2.45, 2.75) is 82.6 Å². The summed E-state index contributed by atoms with van der Waals surface area (Å²) >= 11 is 0. The highest BCUT2D eigenvalue weighted by Crippen LogP contribution is 2.47. The maximum absolute atomic E-state index is 13.1. The largest absolute Gasteiger partial charge is 0.507 e. The zero-order valence-electron chi connectivity index (χ0n) is 26.8. The van der Waals surface area contributed by atoms with Crippen molar-refractivity contribution < 1.29 is 59.3 Å². The predicted octanol–water partition coefficient (Wildman–Crippen LogP) is 3.17. The molecule has 3 aliphatic carbocycles. The lowest BCUT2D eigenvalue weighted by Crippen LogP contribution is -2.50. The monoisotopic (exact) mass is 669 g/mol. The number of methoxy groups -OCH3 is 1. The van der Waals surface area contributed by atoms with Crippen LogP contribution in [-0.4, -0.2) is 92.8 Å². The number of phenols is 2. The van der Waals surface area contributed by atoms with Crippen molar-refractivity contribution in [2.75, 3.05) is 20.3 Å².